The molecule has 3 aromatic rings. The third-order valence-electron chi connectivity index (χ3n) is 6.44. The number of benzene rings is 1. The second-order valence-corrected chi connectivity index (χ2v) is 8.36. The molecule has 0 spiro atoms. The maximum atomic E-state index is 5.57. The van der Waals surface area contributed by atoms with E-state index in [0.717, 1.165) is 36.9 Å². The monoisotopic (exact) mass is 388 g/mol. The average molecular weight is 389 g/mol. The van der Waals surface area contributed by atoms with E-state index >= 15 is 0 Å². The Hall–Kier alpha value is -2.50. The fourth-order valence-electron chi connectivity index (χ4n) is 5.00. The summed E-state index contributed by atoms with van der Waals surface area (Å²) in [6.07, 6.45) is 4.21. The van der Waals surface area contributed by atoms with Crippen molar-refractivity contribution in [3.8, 4) is 11.5 Å². The summed E-state index contributed by atoms with van der Waals surface area (Å²) in [7, 11) is 0. The number of hydrogen-bond acceptors (Lipinski definition) is 5. The van der Waals surface area contributed by atoms with Crippen LogP contribution in [0.3, 0.4) is 0 Å². The number of hydrogen-bond donors (Lipinski definition) is 1. The number of furan rings is 1. The number of fused-ring (bicyclic) bond motifs is 3. The molecule has 4 atom stereocenters. The Labute approximate surface area is 172 Å². The highest BCUT2D eigenvalue weighted by atomic mass is 16.3. The summed E-state index contributed by atoms with van der Waals surface area (Å²) in [4.78, 5) is 12.1. The zero-order valence-corrected chi connectivity index (χ0v) is 16.9. The molecule has 5 heteroatoms. The van der Waals surface area contributed by atoms with E-state index in [1.807, 2.05) is 19.1 Å². The first-order valence-corrected chi connectivity index (χ1v) is 10.6. The van der Waals surface area contributed by atoms with Crippen LogP contribution in [0.2, 0.25) is 0 Å². The summed E-state index contributed by atoms with van der Waals surface area (Å²) in [6, 6.07) is 17.3. The Morgan fingerprint density at radius 1 is 1.14 bits per heavy atom. The van der Waals surface area contributed by atoms with Gasteiger partial charge in [-0.15, -0.1) is 0 Å². The molecule has 4 unspecified atom stereocenters. The van der Waals surface area contributed by atoms with Crippen molar-refractivity contribution in [2.45, 2.75) is 38.3 Å². The molecule has 0 radical (unpaired) electrons. The molecule has 3 fully saturated rings. The van der Waals surface area contributed by atoms with Crippen molar-refractivity contribution in [1.82, 2.24) is 20.2 Å². The van der Waals surface area contributed by atoms with Crippen LogP contribution in [-0.4, -0.2) is 40.5 Å². The molecule has 0 amide bonds. The molecule has 3 aliphatic rings. The van der Waals surface area contributed by atoms with Gasteiger partial charge in [0.2, 0.25) is 0 Å². The van der Waals surface area contributed by atoms with Gasteiger partial charge in [0.15, 0.2) is 5.76 Å². The van der Waals surface area contributed by atoms with E-state index in [1.165, 1.54) is 30.6 Å². The molecule has 6 rings (SSSR count). The van der Waals surface area contributed by atoms with Gasteiger partial charge < -0.3 is 9.73 Å². The van der Waals surface area contributed by atoms with Gasteiger partial charge in [0.1, 0.15) is 11.5 Å². The first kappa shape index (κ1) is 18.5. The highest BCUT2D eigenvalue weighted by Crippen LogP contribution is 2.41. The van der Waals surface area contributed by atoms with Gasteiger partial charge in [-0.1, -0.05) is 30.3 Å². The minimum Gasteiger partial charge on any atom is -0.463 e. The van der Waals surface area contributed by atoms with E-state index in [0.29, 0.717) is 17.9 Å². The van der Waals surface area contributed by atoms with Crippen LogP contribution >= 0.6 is 0 Å². The van der Waals surface area contributed by atoms with E-state index < -0.39 is 0 Å². The van der Waals surface area contributed by atoms with Crippen LogP contribution in [-0.2, 0) is 6.54 Å². The SMILES string of the molecule is Cc1nc(-c2ccco2)cc(C2CN3CCC2CC3CNCc2ccccc2)n1. The van der Waals surface area contributed by atoms with Crippen molar-refractivity contribution in [2.24, 2.45) is 5.92 Å². The molecule has 29 heavy (non-hydrogen) atoms. The van der Waals surface area contributed by atoms with Crippen LogP contribution in [0.25, 0.3) is 11.5 Å². The molecule has 3 saturated heterocycles. The molecule has 0 aliphatic carbocycles. The third kappa shape index (κ3) is 3.98. The summed E-state index contributed by atoms with van der Waals surface area (Å²) >= 11 is 0. The third-order valence-corrected chi connectivity index (χ3v) is 6.44. The smallest absolute Gasteiger partial charge is 0.152 e. The maximum absolute atomic E-state index is 5.57. The second-order valence-electron chi connectivity index (χ2n) is 8.36. The number of aromatic nitrogens is 2. The van der Waals surface area contributed by atoms with Gasteiger partial charge in [-0.05, 0) is 56.0 Å². The van der Waals surface area contributed by atoms with E-state index in [1.54, 1.807) is 6.26 Å². The Morgan fingerprint density at radius 2 is 2.03 bits per heavy atom. The van der Waals surface area contributed by atoms with Crippen LogP contribution in [0.4, 0.5) is 0 Å². The average Bonchev–Trinajstić information content (AvgIpc) is 3.30. The number of rotatable bonds is 6. The highest BCUT2D eigenvalue weighted by molar-refractivity contribution is 5.52. The highest BCUT2D eigenvalue weighted by Gasteiger charge is 2.41. The second kappa shape index (κ2) is 8.09. The molecule has 2 bridgehead atoms. The fourth-order valence-corrected chi connectivity index (χ4v) is 5.00. The van der Waals surface area contributed by atoms with Crippen molar-refractivity contribution >= 4 is 0 Å². The quantitative estimate of drug-likeness (QED) is 0.691. The first-order valence-electron chi connectivity index (χ1n) is 10.6. The zero-order chi connectivity index (χ0) is 19.6. The molecule has 3 aliphatic heterocycles. The normalized spacial score (nSPS) is 26.0. The molecule has 1 N–H and O–H groups in total. The topological polar surface area (TPSA) is 54.2 Å². The fraction of sp³-hybridized carbons (Fsp3) is 0.417. The van der Waals surface area contributed by atoms with Gasteiger partial charge in [0.05, 0.1) is 6.26 Å². The Morgan fingerprint density at radius 3 is 2.79 bits per heavy atom. The summed E-state index contributed by atoms with van der Waals surface area (Å²) in [5, 5.41) is 3.67. The predicted molar refractivity (Wildman–Crippen MR) is 113 cm³/mol. The van der Waals surface area contributed by atoms with Crippen LogP contribution in [0, 0.1) is 12.8 Å². The summed E-state index contributed by atoms with van der Waals surface area (Å²) < 4.78 is 5.57. The lowest BCUT2D eigenvalue weighted by atomic mass is 9.74. The van der Waals surface area contributed by atoms with E-state index in [2.05, 4.69) is 51.6 Å². The van der Waals surface area contributed by atoms with Gasteiger partial charge in [0.25, 0.3) is 0 Å². The maximum Gasteiger partial charge on any atom is 0.152 e. The first-order chi connectivity index (χ1) is 14.3. The van der Waals surface area contributed by atoms with Crippen LogP contribution in [0.15, 0.2) is 59.2 Å². The lowest BCUT2D eigenvalue weighted by Crippen LogP contribution is -2.55. The van der Waals surface area contributed by atoms with Crippen LogP contribution in [0.5, 0.6) is 0 Å². The van der Waals surface area contributed by atoms with Crippen LogP contribution < -0.4 is 5.32 Å². The van der Waals surface area contributed by atoms with E-state index in [-0.39, 0.29) is 0 Å². The lowest BCUT2D eigenvalue weighted by molar-refractivity contribution is 0.0292. The van der Waals surface area contributed by atoms with Crippen molar-refractivity contribution in [2.75, 3.05) is 19.6 Å². The van der Waals surface area contributed by atoms with Gasteiger partial charge in [0, 0.05) is 37.3 Å². The Kier molecular flexibility index (Phi) is 5.17. The molecule has 0 saturated carbocycles. The van der Waals surface area contributed by atoms with Gasteiger partial charge in [-0.3, -0.25) is 4.90 Å². The summed E-state index contributed by atoms with van der Waals surface area (Å²) in [6.45, 7) is 6.27. The van der Waals surface area contributed by atoms with Gasteiger partial charge >= 0.3 is 0 Å². The summed E-state index contributed by atoms with van der Waals surface area (Å²) in [5.74, 6) is 2.83. The minimum atomic E-state index is 0.490. The Bertz CT molecular complexity index is 941. The van der Waals surface area contributed by atoms with Gasteiger partial charge in [-0.25, -0.2) is 9.97 Å². The van der Waals surface area contributed by atoms with Crippen LogP contribution in [0.1, 0.15) is 35.8 Å². The molecular weight excluding hydrogens is 360 g/mol. The number of piperidine rings is 3. The minimum absolute atomic E-state index is 0.490. The molecule has 5 heterocycles. The largest absolute Gasteiger partial charge is 0.463 e. The van der Waals surface area contributed by atoms with E-state index in [9.17, 15) is 0 Å². The van der Waals surface area contributed by atoms with Crippen molar-refractivity contribution in [1.29, 1.82) is 0 Å². The number of nitrogens with one attached hydrogen (secondary N) is 1. The van der Waals surface area contributed by atoms with Gasteiger partial charge in [-0.2, -0.15) is 0 Å². The molecule has 5 nitrogen and oxygen atoms in total. The summed E-state index contributed by atoms with van der Waals surface area (Å²) in [5.41, 5.74) is 3.42. The van der Waals surface area contributed by atoms with E-state index in [4.69, 9.17) is 9.40 Å². The molecule has 2 aromatic heterocycles. The predicted octanol–water partition coefficient (Wildman–Crippen LogP) is 4.01. The lowest BCUT2D eigenvalue weighted by Gasteiger charge is -2.50. The number of nitrogens with zero attached hydrogens (tertiary/aromatic N) is 3. The zero-order valence-electron chi connectivity index (χ0n) is 16.9. The van der Waals surface area contributed by atoms with Crippen molar-refractivity contribution in [3.05, 3.63) is 71.9 Å². The van der Waals surface area contributed by atoms with Crippen molar-refractivity contribution < 1.29 is 4.42 Å². The molecule has 1 aromatic carbocycles. The molecular formula is C24H28N4O. The standard InChI is InChI=1S/C24H28N4O/c1-17-26-22(13-23(27-17)24-8-5-11-29-24)21-16-28-10-9-19(21)12-20(28)15-25-14-18-6-3-2-4-7-18/h2-8,11,13,19-21,25H,9-10,12,14-16H2,1H3. The van der Waals surface area contributed by atoms with Crippen molar-refractivity contribution in [3.63, 3.8) is 0 Å². The number of aryl methyl sites for hydroxylation is 1. The molecule has 150 valence electrons. The Balaban J connectivity index is 1.26.